The molecule has 0 radical (unpaired) electrons. The van der Waals surface area contributed by atoms with Crippen molar-refractivity contribution in [3.63, 3.8) is 0 Å². The first-order valence-electron chi connectivity index (χ1n) is 7.21. The molecule has 0 amide bonds. The first-order valence-corrected chi connectivity index (χ1v) is 8.60. The Kier molecular flexibility index (Phi) is 8.94. The van der Waals surface area contributed by atoms with Crippen molar-refractivity contribution in [1.82, 2.24) is 4.98 Å². The predicted octanol–water partition coefficient (Wildman–Crippen LogP) is 0.119. The summed E-state index contributed by atoms with van der Waals surface area (Å²) in [6, 6.07) is 24.4. The quantitative estimate of drug-likeness (QED) is 0.338. The molecule has 3 rings (SSSR count). The molecule has 3 N–H and O–H groups in total. The molecule has 6 nitrogen and oxygen atoms in total. The van der Waals surface area contributed by atoms with E-state index in [2.05, 4.69) is 11.1 Å². The van der Waals surface area contributed by atoms with Crippen LogP contribution in [0.5, 0.6) is 5.75 Å². The molecule has 8 heteroatoms. The summed E-state index contributed by atoms with van der Waals surface area (Å²) in [5.74, 6) is 0.295. The Morgan fingerprint density at radius 3 is 2.04 bits per heavy atom. The van der Waals surface area contributed by atoms with E-state index in [4.69, 9.17) is 17.5 Å². The number of hydrogen-bond donors (Lipinski definition) is 3. The number of nitrogens with zero attached hydrogens (tertiary/aromatic N) is 1. The minimum atomic E-state index is -4.67. The Morgan fingerprint density at radius 1 is 0.923 bits per heavy atom. The Hall–Kier alpha value is -1.74. The number of phenolic OH excluding ortho intramolecular Hbond substituents is 1. The van der Waals surface area contributed by atoms with Crippen LogP contribution in [0.3, 0.4) is 0 Å². The fourth-order valence-corrected chi connectivity index (χ4v) is 2.31. The van der Waals surface area contributed by atoms with E-state index < -0.39 is 10.4 Å². The van der Waals surface area contributed by atoms with Crippen LogP contribution in [0, 0.1) is 6.07 Å². The van der Waals surface area contributed by atoms with Crippen molar-refractivity contribution in [2.45, 2.75) is 5.92 Å². The third-order valence-corrected chi connectivity index (χ3v) is 3.25. The van der Waals surface area contributed by atoms with Crippen molar-refractivity contribution in [2.24, 2.45) is 0 Å². The molecular weight excluding hydrogens is 365 g/mol. The van der Waals surface area contributed by atoms with E-state index in [0.29, 0.717) is 0 Å². The number of benzene rings is 2. The summed E-state index contributed by atoms with van der Waals surface area (Å²) in [6.45, 7) is 0. The molecule has 0 aliphatic heterocycles. The zero-order valence-electron chi connectivity index (χ0n) is 14.0. The summed E-state index contributed by atoms with van der Waals surface area (Å²) >= 11 is 0. The molecule has 1 heterocycles. The maximum absolute atomic E-state index is 9.46. The van der Waals surface area contributed by atoms with E-state index >= 15 is 0 Å². The Labute approximate surface area is 174 Å². The SMILES string of the molecule is O=S(=O)(O)O.Oc1ccc(C(c2[c-]cccc2)c2ccccn2)cc1.[Na+]. The van der Waals surface area contributed by atoms with Gasteiger partial charge in [-0.2, -0.15) is 38.7 Å². The molecule has 0 aliphatic rings. The molecule has 130 valence electrons. The van der Waals surface area contributed by atoms with Crippen molar-refractivity contribution in [2.75, 3.05) is 0 Å². The molecule has 1 unspecified atom stereocenters. The first-order chi connectivity index (χ1) is 11.8. The number of aromatic hydroxyl groups is 1. The van der Waals surface area contributed by atoms with Crippen molar-refractivity contribution in [3.8, 4) is 5.75 Å². The third-order valence-electron chi connectivity index (χ3n) is 3.25. The van der Waals surface area contributed by atoms with Gasteiger partial charge < -0.3 is 5.11 Å². The molecule has 2 aromatic carbocycles. The number of aromatic nitrogens is 1. The van der Waals surface area contributed by atoms with Gasteiger partial charge in [0.05, 0.1) is 5.69 Å². The molecule has 0 fully saturated rings. The standard InChI is InChI=1S/C18H14NO.Na.H2O4S/c20-16-11-9-15(10-12-16)18(14-6-2-1-3-7-14)17-8-4-5-13-19-17;;1-5(2,3)4/h1-6,8-13,18,20H;;(H2,1,2,3,4)/q-1;+1;. The maximum Gasteiger partial charge on any atom is 1.00 e. The normalized spacial score (nSPS) is 11.5. The molecule has 3 aromatic rings. The van der Waals surface area contributed by atoms with Crippen LogP contribution >= 0.6 is 0 Å². The van der Waals surface area contributed by atoms with Crippen LogP contribution in [-0.4, -0.2) is 27.6 Å². The van der Waals surface area contributed by atoms with Crippen LogP contribution in [0.2, 0.25) is 0 Å². The van der Waals surface area contributed by atoms with Crippen molar-refractivity contribution >= 4 is 10.4 Å². The number of rotatable bonds is 3. The number of pyridine rings is 1. The monoisotopic (exact) mass is 381 g/mol. The summed E-state index contributed by atoms with van der Waals surface area (Å²) in [6.07, 6.45) is 1.80. The Morgan fingerprint density at radius 2 is 1.54 bits per heavy atom. The van der Waals surface area contributed by atoms with Crippen LogP contribution < -0.4 is 29.6 Å². The van der Waals surface area contributed by atoms with Gasteiger partial charge in [-0.1, -0.05) is 18.2 Å². The van der Waals surface area contributed by atoms with E-state index in [-0.39, 0.29) is 41.2 Å². The topological polar surface area (TPSA) is 108 Å². The molecule has 1 aromatic heterocycles. The van der Waals surface area contributed by atoms with Gasteiger partial charge in [0, 0.05) is 12.1 Å². The second-order valence-electron chi connectivity index (χ2n) is 5.04. The average Bonchev–Trinajstić information content (AvgIpc) is 2.57. The second-order valence-corrected chi connectivity index (χ2v) is 5.94. The summed E-state index contributed by atoms with van der Waals surface area (Å²) in [4.78, 5) is 4.47. The van der Waals surface area contributed by atoms with Gasteiger partial charge in [-0.15, -0.1) is 5.56 Å². The Bertz CT molecular complexity index is 840. The minimum Gasteiger partial charge on any atom is -0.508 e. The molecule has 0 saturated heterocycles. The summed E-state index contributed by atoms with van der Waals surface area (Å²) in [5, 5.41) is 9.46. The van der Waals surface area contributed by atoms with Crippen molar-refractivity contribution < 1.29 is 52.2 Å². The van der Waals surface area contributed by atoms with Crippen molar-refractivity contribution in [3.05, 3.63) is 95.8 Å². The molecular formula is C18H16NNaO5S. The van der Waals surface area contributed by atoms with Crippen LogP contribution in [0.4, 0.5) is 0 Å². The maximum atomic E-state index is 9.46. The third kappa shape index (κ3) is 7.65. The smallest absolute Gasteiger partial charge is 0.508 e. The summed E-state index contributed by atoms with van der Waals surface area (Å²) in [7, 11) is -4.67. The summed E-state index contributed by atoms with van der Waals surface area (Å²) in [5.41, 5.74) is 3.13. The van der Waals surface area contributed by atoms with Crippen LogP contribution in [-0.2, 0) is 10.4 Å². The van der Waals surface area contributed by atoms with Gasteiger partial charge in [0.25, 0.3) is 0 Å². The van der Waals surface area contributed by atoms with E-state index in [1.165, 1.54) is 0 Å². The molecule has 0 saturated carbocycles. The molecule has 0 aliphatic carbocycles. The molecule has 0 bridgehead atoms. The van der Waals surface area contributed by atoms with Crippen LogP contribution in [0.1, 0.15) is 22.7 Å². The van der Waals surface area contributed by atoms with Gasteiger partial charge >= 0.3 is 40.0 Å². The fraction of sp³-hybridized carbons (Fsp3) is 0.0556. The first kappa shape index (κ1) is 22.3. The van der Waals surface area contributed by atoms with E-state index in [1.54, 1.807) is 18.3 Å². The van der Waals surface area contributed by atoms with Crippen LogP contribution in [0.15, 0.2) is 72.9 Å². The number of phenols is 1. The van der Waals surface area contributed by atoms with Crippen molar-refractivity contribution in [1.29, 1.82) is 0 Å². The van der Waals surface area contributed by atoms with Gasteiger partial charge in [0.15, 0.2) is 0 Å². The summed E-state index contributed by atoms with van der Waals surface area (Å²) < 4.78 is 31.6. The van der Waals surface area contributed by atoms with Gasteiger partial charge in [-0.25, -0.2) is 0 Å². The number of hydrogen-bond acceptors (Lipinski definition) is 4. The zero-order valence-corrected chi connectivity index (χ0v) is 16.8. The minimum absolute atomic E-state index is 0. The van der Waals surface area contributed by atoms with Gasteiger partial charge in [-0.3, -0.25) is 14.1 Å². The second kappa shape index (κ2) is 10.4. The van der Waals surface area contributed by atoms with Gasteiger partial charge in [-0.05, 0) is 29.8 Å². The molecule has 26 heavy (non-hydrogen) atoms. The predicted molar refractivity (Wildman–Crippen MR) is 92.7 cm³/mol. The largest absolute Gasteiger partial charge is 1.00 e. The molecule has 1 atom stereocenters. The zero-order chi connectivity index (χ0) is 18.3. The van der Waals surface area contributed by atoms with Gasteiger partial charge in [0.1, 0.15) is 5.75 Å². The van der Waals surface area contributed by atoms with E-state index in [9.17, 15) is 5.11 Å². The Balaban J connectivity index is 0.000000501. The van der Waals surface area contributed by atoms with E-state index in [0.717, 1.165) is 16.8 Å². The van der Waals surface area contributed by atoms with Gasteiger partial charge in [0.2, 0.25) is 0 Å². The fourth-order valence-electron chi connectivity index (χ4n) is 2.31. The molecule has 0 spiro atoms. The van der Waals surface area contributed by atoms with Crippen LogP contribution in [0.25, 0.3) is 0 Å². The average molecular weight is 381 g/mol. The van der Waals surface area contributed by atoms with E-state index in [1.807, 2.05) is 54.6 Å².